The van der Waals surface area contributed by atoms with E-state index in [1.165, 1.54) is 111 Å². The van der Waals surface area contributed by atoms with Crippen LogP contribution < -0.4 is 72.0 Å². The van der Waals surface area contributed by atoms with E-state index in [2.05, 4.69) is 143 Å². The van der Waals surface area contributed by atoms with Crippen LogP contribution in [0.2, 0.25) is 0 Å². The number of benzene rings is 4. The number of ether oxygens (including phenoxy) is 2. The summed E-state index contributed by atoms with van der Waals surface area (Å²) in [6.07, 6.45) is 0. The Bertz CT molecular complexity index is 2160. The van der Waals surface area contributed by atoms with Crippen molar-refractivity contribution in [3.8, 4) is 0 Å². The molecule has 4 rings (SSSR count). The SMILES string of the molecule is CCOC(=O)C(C)(C)C.CCOC(=O)[C-](C)C.Cc1c(C)c(C)c([I-]c2c(C)c(C)c(C)c(C)c2C)c(C)c1C.Cc1c(C)c(C)c([I-]c2c(C)c(C)c(C)c(C)c2C)c(C)c1C.Cl.O=S(=O)=O.[Na+]. The Labute approximate surface area is 470 Å². The van der Waals surface area contributed by atoms with Gasteiger partial charge in [0.05, 0.1) is 18.6 Å². The first-order chi connectivity index (χ1) is 30.6. The molecule has 0 saturated carbocycles. The van der Waals surface area contributed by atoms with Crippen LogP contribution in [0.5, 0.6) is 0 Å². The van der Waals surface area contributed by atoms with E-state index in [1.807, 2.05) is 27.7 Å². The third-order valence-corrected chi connectivity index (χ3v) is 22.2. The van der Waals surface area contributed by atoms with Crippen molar-refractivity contribution < 1.29 is 104 Å². The van der Waals surface area contributed by atoms with Gasteiger partial charge in [-0.15, -0.1) is 25.0 Å². The molecule has 0 radical (unpaired) electrons. The van der Waals surface area contributed by atoms with Crippen LogP contribution in [0.15, 0.2) is 0 Å². The standard InChI is InChI=1S/2C22H30I.C7H14O2.C6H11O2.ClH.Na.O3S/c2*1-11-13(3)17(7)21(18(8)14(11)4)23-22-19(9)15(5)12(2)16(6)20(22)10;1-5-9-6(8)7(2,3)4;1-4-8-6(7)5(2)3;;;1-4(2)3/h2*1-10H3;5H2,1-4H3;4H2,1-3H3;1H;;/q2*-1;;-1;;+1;. The summed E-state index contributed by atoms with van der Waals surface area (Å²) in [5, 5.41) is 0. The van der Waals surface area contributed by atoms with Gasteiger partial charge in [-0.3, -0.25) is 15.5 Å². The van der Waals surface area contributed by atoms with Crippen LogP contribution in [0, 0.1) is 164 Å². The van der Waals surface area contributed by atoms with Crippen LogP contribution in [0.3, 0.4) is 0 Å². The van der Waals surface area contributed by atoms with Crippen molar-refractivity contribution in [3.05, 3.63) is 131 Å². The second kappa shape index (κ2) is 31.6. The van der Waals surface area contributed by atoms with Crippen molar-refractivity contribution in [1.29, 1.82) is 0 Å². The molecule has 0 aromatic heterocycles. The van der Waals surface area contributed by atoms with E-state index < -0.39 is 10.6 Å². The summed E-state index contributed by atoms with van der Waals surface area (Å²) in [4.78, 5) is 21.3. The summed E-state index contributed by atoms with van der Waals surface area (Å²) in [7, 11) is -3.11. The largest absolute Gasteiger partial charge is 1.00 e. The fourth-order valence-corrected chi connectivity index (χ4v) is 14.7. The minimum Gasteiger partial charge on any atom is -0.147 e. The molecule has 0 atom stereocenters. The van der Waals surface area contributed by atoms with E-state index in [1.54, 1.807) is 35.1 Å². The van der Waals surface area contributed by atoms with Crippen LogP contribution in [0.4, 0.5) is 0 Å². The van der Waals surface area contributed by atoms with E-state index in [4.69, 9.17) is 17.4 Å². The second-order valence-electron chi connectivity index (χ2n) is 18.8. The molecule has 0 spiro atoms. The average Bonchev–Trinajstić information content (AvgIpc) is 3.26. The number of carbonyl (C=O) groups is 2. The number of hydrogen-bond acceptors (Lipinski definition) is 7. The Hall–Kier alpha value is -1.94. The minimum absolute atomic E-state index is 0. The molecular weight excluding hydrogens is 1140 g/mol. The molecular formula is C57H86ClI2NaO7S-2. The van der Waals surface area contributed by atoms with Gasteiger partial charge in [-0.05, 0) is 34.6 Å². The normalized spacial score (nSPS) is 10.4. The van der Waals surface area contributed by atoms with E-state index in [9.17, 15) is 9.59 Å². The molecule has 0 aliphatic rings. The zero-order valence-electron chi connectivity index (χ0n) is 47.8. The molecule has 386 valence electrons. The molecule has 0 saturated heterocycles. The van der Waals surface area contributed by atoms with Crippen molar-refractivity contribution in [2.45, 2.75) is 187 Å². The summed E-state index contributed by atoms with van der Waals surface area (Å²) in [5.74, 6) is 0.365. The molecule has 12 heteroatoms. The molecule has 0 aliphatic carbocycles. The molecule has 7 nitrogen and oxygen atoms in total. The fraction of sp³-hybridized carbons (Fsp3) is 0.526. The summed E-state index contributed by atoms with van der Waals surface area (Å²) < 4.78 is 41.3. The molecule has 0 heterocycles. The third kappa shape index (κ3) is 19.4. The maximum atomic E-state index is 10.8. The Morgan fingerprint density at radius 2 is 0.565 bits per heavy atom. The van der Waals surface area contributed by atoms with Crippen molar-refractivity contribution in [2.75, 3.05) is 13.2 Å². The minimum atomic E-state index is -3.11. The summed E-state index contributed by atoms with van der Waals surface area (Å²) in [5.41, 5.74) is 29.6. The van der Waals surface area contributed by atoms with Crippen molar-refractivity contribution >= 4 is 35.0 Å². The van der Waals surface area contributed by atoms with Gasteiger partial charge >= 0.3 is 353 Å². The first-order valence-electron chi connectivity index (χ1n) is 23.1. The van der Waals surface area contributed by atoms with Crippen LogP contribution in [0.1, 0.15) is 160 Å². The topological polar surface area (TPSA) is 104 Å². The van der Waals surface area contributed by atoms with Crippen LogP contribution >= 0.6 is 12.4 Å². The van der Waals surface area contributed by atoms with E-state index >= 15 is 0 Å². The quantitative estimate of drug-likeness (QED) is 0.112. The molecule has 0 aliphatic heterocycles. The van der Waals surface area contributed by atoms with Crippen molar-refractivity contribution in [2.24, 2.45) is 5.41 Å². The molecule has 69 heavy (non-hydrogen) atoms. The summed E-state index contributed by atoms with van der Waals surface area (Å²) in [6, 6.07) is 0. The number of hydrogen-bond donors (Lipinski definition) is 0. The van der Waals surface area contributed by atoms with E-state index in [0.717, 1.165) is 0 Å². The molecule has 0 amide bonds. The van der Waals surface area contributed by atoms with Gasteiger partial charge < -0.3 is 9.47 Å². The number of carbonyl (C=O) groups excluding carboxylic acids is 2. The van der Waals surface area contributed by atoms with Gasteiger partial charge in [-0.2, -0.15) is 13.8 Å². The number of rotatable bonds is 7. The van der Waals surface area contributed by atoms with E-state index in [0.29, 0.717) is 19.1 Å². The first-order valence-corrected chi connectivity index (χ1v) is 28.4. The van der Waals surface area contributed by atoms with Gasteiger partial charge in [-0.1, -0.05) is 0 Å². The zero-order chi connectivity index (χ0) is 52.9. The maximum Gasteiger partial charge on any atom is 1.00 e. The molecule has 4 aromatic carbocycles. The first kappa shape index (κ1) is 71.3. The fourth-order valence-electron chi connectivity index (χ4n) is 7.20. The predicted octanol–water partition coefficient (Wildman–Crippen LogP) is 4.98. The Morgan fingerprint density at radius 3 is 0.667 bits per heavy atom. The Balaban J connectivity index is -0.000000883. The Morgan fingerprint density at radius 1 is 0.406 bits per heavy atom. The summed E-state index contributed by atoms with van der Waals surface area (Å²) in [6.45, 7) is 59.5. The van der Waals surface area contributed by atoms with Gasteiger partial charge in [0.2, 0.25) is 0 Å². The van der Waals surface area contributed by atoms with Crippen LogP contribution in [-0.4, -0.2) is 37.8 Å². The third-order valence-electron chi connectivity index (χ3n) is 13.6. The molecule has 0 bridgehead atoms. The van der Waals surface area contributed by atoms with Crippen LogP contribution in [0.25, 0.3) is 0 Å². The van der Waals surface area contributed by atoms with Gasteiger partial charge in [0, 0.05) is 0 Å². The van der Waals surface area contributed by atoms with E-state index in [-0.39, 0.29) is 102 Å². The van der Waals surface area contributed by atoms with Gasteiger partial charge in [0.25, 0.3) is 0 Å². The van der Waals surface area contributed by atoms with Crippen molar-refractivity contribution in [3.63, 3.8) is 0 Å². The predicted molar refractivity (Wildman–Crippen MR) is 280 cm³/mol. The van der Waals surface area contributed by atoms with Crippen molar-refractivity contribution in [1.82, 2.24) is 0 Å². The molecule has 4 aromatic rings. The average molecular weight is 1230 g/mol. The zero-order valence-corrected chi connectivity index (χ0v) is 55.8. The second-order valence-corrected chi connectivity index (χ2v) is 24.6. The van der Waals surface area contributed by atoms with Gasteiger partial charge in [0.1, 0.15) is 0 Å². The monoisotopic (exact) mass is 1230 g/mol. The molecule has 0 N–H and O–H groups in total. The maximum absolute atomic E-state index is 10.8. The molecule has 0 fully saturated rings. The number of halogens is 3. The van der Waals surface area contributed by atoms with Gasteiger partial charge in [0.15, 0.2) is 5.97 Å². The molecule has 0 unspecified atom stereocenters. The number of esters is 2. The smallest absolute Gasteiger partial charge is 0.147 e. The van der Waals surface area contributed by atoms with Crippen LogP contribution in [-0.2, 0) is 29.7 Å². The Kier molecular flexibility index (Phi) is 32.7. The van der Waals surface area contributed by atoms with Gasteiger partial charge in [-0.25, -0.2) is 0 Å². The summed E-state index contributed by atoms with van der Waals surface area (Å²) >= 11 is -0.302.